The molecular formula is C17H14N2O2. The Kier molecular flexibility index (Phi) is 4.37. The fraction of sp³-hybridized carbons (Fsp3) is 0.0588. The lowest BCUT2D eigenvalue weighted by Crippen LogP contribution is -2.13. The zero-order chi connectivity index (χ0) is 15.2. The van der Waals surface area contributed by atoms with Crippen LogP contribution in [-0.2, 0) is 4.79 Å². The minimum atomic E-state index is -0.462. The van der Waals surface area contributed by atoms with E-state index in [4.69, 9.17) is 5.26 Å². The zero-order valence-electron chi connectivity index (χ0n) is 11.5. The van der Waals surface area contributed by atoms with Gasteiger partial charge < -0.3 is 10.4 Å². The van der Waals surface area contributed by atoms with Crippen molar-refractivity contribution >= 4 is 17.7 Å². The van der Waals surface area contributed by atoms with Crippen LogP contribution in [-0.4, -0.2) is 11.0 Å². The lowest BCUT2D eigenvalue weighted by molar-refractivity contribution is -0.112. The molecule has 4 heteroatoms. The number of phenols is 1. The second kappa shape index (κ2) is 6.40. The summed E-state index contributed by atoms with van der Waals surface area (Å²) in [5, 5.41) is 21.0. The van der Waals surface area contributed by atoms with Crippen LogP contribution in [0, 0.1) is 18.3 Å². The molecule has 0 aliphatic rings. The summed E-state index contributed by atoms with van der Waals surface area (Å²) in [6, 6.07) is 15.5. The molecule has 104 valence electrons. The highest BCUT2D eigenvalue weighted by Crippen LogP contribution is 2.15. The number of phenolic OH excluding ortho intramolecular Hbond substituents is 1. The second-order valence-electron chi connectivity index (χ2n) is 4.58. The summed E-state index contributed by atoms with van der Waals surface area (Å²) in [7, 11) is 0. The first kappa shape index (κ1) is 14.4. The van der Waals surface area contributed by atoms with Crippen LogP contribution >= 0.6 is 0 Å². The summed E-state index contributed by atoms with van der Waals surface area (Å²) >= 11 is 0. The van der Waals surface area contributed by atoms with E-state index in [1.54, 1.807) is 18.2 Å². The quantitative estimate of drug-likeness (QED) is 0.668. The van der Waals surface area contributed by atoms with Crippen molar-refractivity contribution in [3.63, 3.8) is 0 Å². The Hall–Kier alpha value is -3.06. The van der Waals surface area contributed by atoms with Crippen LogP contribution in [0.15, 0.2) is 54.1 Å². The molecule has 4 nitrogen and oxygen atoms in total. The Bertz CT molecular complexity index is 725. The topological polar surface area (TPSA) is 73.1 Å². The molecule has 0 unspecified atom stereocenters. The number of carbonyl (C=O) groups is 1. The van der Waals surface area contributed by atoms with Gasteiger partial charge in [-0.1, -0.05) is 24.3 Å². The minimum absolute atomic E-state index is 0.00203. The third-order valence-corrected chi connectivity index (χ3v) is 2.85. The largest absolute Gasteiger partial charge is 0.508 e. The Morgan fingerprint density at radius 1 is 1.24 bits per heavy atom. The summed E-state index contributed by atoms with van der Waals surface area (Å²) in [4.78, 5) is 12.1. The van der Waals surface area contributed by atoms with Crippen LogP contribution in [0.3, 0.4) is 0 Å². The van der Waals surface area contributed by atoms with E-state index in [1.807, 2.05) is 31.2 Å². The summed E-state index contributed by atoms with van der Waals surface area (Å²) in [5.41, 5.74) is 2.34. The monoisotopic (exact) mass is 278 g/mol. The van der Waals surface area contributed by atoms with Gasteiger partial charge in [0.1, 0.15) is 17.4 Å². The molecule has 2 N–H and O–H groups in total. The highest BCUT2D eigenvalue weighted by molar-refractivity contribution is 6.09. The van der Waals surface area contributed by atoms with Crippen molar-refractivity contribution in [2.75, 3.05) is 5.32 Å². The first-order valence-electron chi connectivity index (χ1n) is 6.37. The summed E-state index contributed by atoms with van der Waals surface area (Å²) in [5.74, 6) is -0.328. The van der Waals surface area contributed by atoms with Crippen molar-refractivity contribution in [3.8, 4) is 11.8 Å². The van der Waals surface area contributed by atoms with Gasteiger partial charge in [-0.15, -0.1) is 0 Å². The third-order valence-electron chi connectivity index (χ3n) is 2.85. The van der Waals surface area contributed by atoms with Gasteiger partial charge >= 0.3 is 0 Å². The van der Waals surface area contributed by atoms with Crippen LogP contribution < -0.4 is 5.32 Å². The van der Waals surface area contributed by atoms with E-state index in [1.165, 1.54) is 18.2 Å². The number of aryl methyl sites for hydroxylation is 1. The standard InChI is InChI=1S/C17H14N2O2/c1-12-3-2-4-15(9-12)19-17(21)14(11-18)10-13-5-7-16(20)8-6-13/h2-10,20H,1H3,(H,19,21)/b14-10+. The van der Waals surface area contributed by atoms with E-state index in [2.05, 4.69) is 5.32 Å². The van der Waals surface area contributed by atoms with Gasteiger partial charge in [0.05, 0.1) is 0 Å². The van der Waals surface area contributed by atoms with Crippen LogP contribution in [0.25, 0.3) is 6.08 Å². The number of hydrogen-bond acceptors (Lipinski definition) is 3. The van der Waals surface area contributed by atoms with Gasteiger partial charge in [-0.25, -0.2) is 0 Å². The predicted molar refractivity (Wildman–Crippen MR) is 81.5 cm³/mol. The average Bonchev–Trinajstić information content (AvgIpc) is 2.46. The lowest BCUT2D eigenvalue weighted by atomic mass is 10.1. The molecule has 0 spiro atoms. The Labute approximate surface area is 123 Å². The smallest absolute Gasteiger partial charge is 0.266 e. The maximum absolute atomic E-state index is 12.1. The van der Waals surface area contributed by atoms with Gasteiger partial charge in [0, 0.05) is 5.69 Å². The van der Waals surface area contributed by atoms with Crippen LogP contribution in [0.1, 0.15) is 11.1 Å². The maximum Gasteiger partial charge on any atom is 0.266 e. The molecule has 0 saturated heterocycles. The molecule has 21 heavy (non-hydrogen) atoms. The molecule has 0 aliphatic carbocycles. The Morgan fingerprint density at radius 3 is 2.57 bits per heavy atom. The van der Waals surface area contributed by atoms with E-state index in [0.29, 0.717) is 11.3 Å². The van der Waals surface area contributed by atoms with Gasteiger partial charge in [0.2, 0.25) is 0 Å². The average molecular weight is 278 g/mol. The van der Waals surface area contributed by atoms with Crippen LogP contribution in [0.4, 0.5) is 5.69 Å². The fourth-order valence-corrected chi connectivity index (χ4v) is 1.81. The normalized spacial score (nSPS) is 10.8. The van der Waals surface area contributed by atoms with Crippen molar-refractivity contribution in [3.05, 3.63) is 65.2 Å². The highest BCUT2D eigenvalue weighted by atomic mass is 16.3. The Balaban J connectivity index is 2.19. The van der Waals surface area contributed by atoms with Crippen LogP contribution in [0.5, 0.6) is 5.75 Å². The number of benzene rings is 2. The van der Waals surface area contributed by atoms with E-state index in [9.17, 15) is 9.90 Å². The summed E-state index contributed by atoms with van der Waals surface area (Å²) in [6.07, 6.45) is 1.48. The van der Waals surface area contributed by atoms with Gasteiger partial charge in [-0.05, 0) is 48.4 Å². The summed E-state index contributed by atoms with van der Waals surface area (Å²) < 4.78 is 0. The first-order valence-corrected chi connectivity index (χ1v) is 6.37. The lowest BCUT2D eigenvalue weighted by Gasteiger charge is -2.05. The molecule has 2 aromatic carbocycles. The number of hydrogen-bond donors (Lipinski definition) is 2. The third kappa shape index (κ3) is 3.95. The summed E-state index contributed by atoms with van der Waals surface area (Å²) in [6.45, 7) is 1.92. The van der Waals surface area contributed by atoms with Crippen molar-refractivity contribution in [1.82, 2.24) is 0 Å². The van der Waals surface area contributed by atoms with E-state index in [0.717, 1.165) is 5.56 Å². The van der Waals surface area contributed by atoms with Gasteiger partial charge in [-0.3, -0.25) is 4.79 Å². The molecule has 1 amide bonds. The molecule has 0 radical (unpaired) electrons. The van der Waals surface area contributed by atoms with Crippen molar-refractivity contribution in [2.24, 2.45) is 0 Å². The maximum atomic E-state index is 12.1. The number of aromatic hydroxyl groups is 1. The minimum Gasteiger partial charge on any atom is -0.508 e. The van der Waals surface area contributed by atoms with Crippen molar-refractivity contribution in [2.45, 2.75) is 6.92 Å². The van der Waals surface area contributed by atoms with Gasteiger partial charge in [0.15, 0.2) is 0 Å². The molecule has 0 aliphatic heterocycles. The van der Waals surface area contributed by atoms with Crippen molar-refractivity contribution in [1.29, 1.82) is 5.26 Å². The van der Waals surface area contributed by atoms with Crippen molar-refractivity contribution < 1.29 is 9.90 Å². The molecule has 0 saturated carbocycles. The highest BCUT2D eigenvalue weighted by Gasteiger charge is 2.09. The molecule has 2 aromatic rings. The van der Waals surface area contributed by atoms with Crippen LogP contribution in [0.2, 0.25) is 0 Å². The number of nitriles is 1. The predicted octanol–water partition coefficient (Wildman–Crippen LogP) is 3.25. The fourth-order valence-electron chi connectivity index (χ4n) is 1.81. The molecular weight excluding hydrogens is 264 g/mol. The number of nitrogens with zero attached hydrogens (tertiary/aromatic N) is 1. The Morgan fingerprint density at radius 2 is 1.95 bits per heavy atom. The molecule has 0 bridgehead atoms. The zero-order valence-corrected chi connectivity index (χ0v) is 11.5. The van der Waals surface area contributed by atoms with Gasteiger partial charge in [-0.2, -0.15) is 5.26 Å². The molecule has 2 rings (SSSR count). The number of carbonyl (C=O) groups excluding carboxylic acids is 1. The van der Waals surface area contributed by atoms with Gasteiger partial charge in [0.25, 0.3) is 5.91 Å². The number of anilines is 1. The molecule has 0 aromatic heterocycles. The SMILES string of the molecule is Cc1cccc(NC(=O)/C(C#N)=C/c2ccc(O)cc2)c1. The second-order valence-corrected chi connectivity index (χ2v) is 4.58. The first-order chi connectivity index (χ1) is 10.1. The van der Waals surface area contributed by atoms with E-state index in [-0.39, 0.29) is 11.3 Å². The molecule has 0 heterocycles. The number of amides is 1. The number of rotatable bonds is 3. The molecule has 0 fully saturated rings. The van der Waals surface area contributed by atoms with E-state index >= 15 is 0 Å². The molecule has 0 atom stereocenters. The van der Waals surface area contributed by atoms with E-state index < -0.39 is 5.91 Å². The number of nitrogens with one attached hydrogen (secondary N) is 1.